The molecule has 13 heavy (non-hydrogen) atoms. The fourth-order valence-electron chi connectivity index (χ4n) is 0.958. The van der Waals surface area contributed by atoms with Gasteiger partial charge in [-0.3, -0.25) is 0 Å². The first-order valence-electron chi connectivity index (χ1n) is 4.46. The first-order chi connectivity index (χ1) is 6.43. The Balaban J connectivity index is 2.07. The topological polar surface area (TPSA) is 31.4 Å². The first-order valence-corrected chi connectivity index (χ1v) is 4.46. The van der Waals surface area contributed by atoms with Gasteiger partial charge in [-0.25, -0.2) is 4.98 Å². The van der Waals surface area contributed by atoms with Gasteiger partial charge >= 0.3 is 0 Å². The van der Waals surface area contributed by atoms with Crippen LogP contribution in [0, 0.1) is 0 Å². The zero-order valence-corrected chi connectivity index (χ0v) is 7.90. The Bertz CT molecular complexity index is 213. The van der Waals surface area contributed by atoms with E-state index >= 15 is 0 Å². The van der Waals surface area contributed by atoms with Crippen LogP contribution in [-0.4, -0.2) is 25.3 Å². The maximum absolute atomic E-state index is 5.39. The molecular formula is C10H15NO2. The molecule has 0 aliphatic carbocycles. The molecule has 3 nitrogen and oxygen atoms in total. The number of pyridine rings is 1. The highest BCUT2D eigenvalue weighted by molar-refractivity contribution is 5.08. The summed E-state index contributed by atoms with van der Waals surface area (Å²) in [6.07, 6.45) is 3.76. The predicted molar refractivity (Wildman–Crippen MR) is 50.8 cm³/mol. The Kier molecular flexibility index (Phi) is 4.94. The van der Waals surface area contributed by atoms with Crippen LogP contribution in [0.5, 0.6) is 5.88 Å². The number of hydrogen-bond acceptors (Lipinski definition) is 3. The molecule has 0 saturated carbocycles. The van der Waals surface area contributed by atoms with Crippen molar-refractivity contribution in [3.05, 3.63) is 24.4 Å². The molecule has 0 fully saturated rings. The summed E-state index contributed by atoms with van der Waals surface area (Å²) in [5, 5.41) is 0. The van der Waals surface area contributed by atoms with Gasteiger partial charge in [0.15, 0.2) is 0 Å². The minimum Gasteiger partial charge on any atom is -0.478 e. The van der Waals surface area contributed by atoms with Gasteiger partial charge in [-0.1, -0.05) is 6.07 Å². The molecule has 0 aliphatic rings. The number of hydrogen-bond donors (Lipinski definition) is 0. The number of methoxy groups -OCH3 is 1. The lowest BCUT2D eigenvalue weighted by molar-refractivity contribution is 0.183. The zero-order chi connectivity index (χ0) is 9.36. The molecule has 0 unspecified atom stereocenters. The van der Waals surface area contributed by atoms with Crippen molar-refractivity contribution in [3.63, 3.8) is 0 Å². The van der Waals surface area contributed by atoms with E-state index in [9.17, 15) is 0 Å². The second kappa shape index (κ2) is 6.43. The predicted octanol–water partition coefficient (Wildman–Crippen LogP) is 1.89. The van der Waals surface area contributed by atoms with Crippen LogP contribution in [0.2, 0.25) is 0 Å². The summed E-state index contributed by atoms with van der Waals surface area (Å²) < 4.78 is 10.3. The Labute approximate surface area is 78.7 Å². The quantitative estimate of drug-likeness (QED) is 0.628. The van der Waals surface area contributed by atoms with Crippen molar-refractivity contribution in [1.82, 2.24) is 4.98 Å². The third-order valence-corrected chi connectivity index (χ3v) is 1.63. The molecule has 3 heteroatoms. The summed E-state index contributed by atoms with van der Waals surface area (Å²) in [6.45, 7) is 1.51. The van der Waals surface area contributed by atoms with Crippen molar-refractivity contribution < 1.29 is 9.47 Å². The Morgan fingerprint density at radius 2 is 2.08 bits per heavy atom. The summed E-state index contributed by atoms with van der Waals surface area (Å²) in [7, 11) is 1.71. The van der Waals surface area contributed by atoms with Gasteiger partial charge in [-0.05, 0) is 18.9 Å². The number of aromatic nitrogens is 1. The van der Waals surface area contributed by atoms with Gasteiger partial charge in [0.05, 0.1) is 6.61 Å². The molecule has 1 rings (SSSR count). The van der Waals surface area contributed by atoms with E-state index in [1.165, 1.54) is 0 Å². The van der Waals surface area contributed by atoms with E-state index in [-0.39, 0.29) is 0 Å². The smallest absolute Gasteiger partial charge is 0.213 e. The molecule has 0 aliphatic heterocycles. The third kappa shape index (κ3) is 4.48. The second-order valence-electron chi connectivity index (χ2n) is 2.72. The molecule has 0 spiro atoms. The van der Waals surface area contributed by atoms with Crippen molar-refractivity contribution in [2.45, 2.75) is 12.8 Å². The van der Waals surface area contributed by atoms with Crippen LogP contribution < -0.4 is 4.74 Å². The van der Waals surface area contributed by atoms with Crippen molar-refractivity contribution in [3.8, 4) is 5.88 Å². The second-order valence-corrected chi connectivity index (χ2v) is 2.72. The lowest BCUT2D eigenvalue weighted by atomic mass is 10.3. The normalized spacial score (nSPS) is 9.92. The summed E-state index contributed by atoms with van der Waals surface area (Å²) in [5.41, 5.74) is 0. The highest BCUT2D eigenvalue weighted by Crippen LogP contribution is 2.03. The average Bonchev–Trinajstić information content (AvgIpc) is 2.19. The molecule has 0 bridgehead atoms. The van der Waals surface area contributed by atoms with Crippen LogP contribution in [-0.2, 0) is 4.74 Å². The Morgan fingerprint density at radius 3 is 2.77 bits per heavy atom. The fourth-order valence-corrected chi connectivity index (χ4v) is 0.958. The van der Waals surface area contributed by atoms with Crippen LogP contribution in [0.25, 0.3) is 0 Å². The molecule has 0 saturated heterocycles. The van der Waals surface area contributed by atoms with Gasteiger partial charge in [0, 0.05) is 26.0 Å². The first kappa shape index (κ1) is 9.99. The molecule has 1 aromatic rings. The van der Waals surface area contributed by atoms with Gasteiger partial charge in [0.1, 0.15) is 0 Å². The molecule has 1 heterocycles. The van der Waals surface area contributed by atoms with Gasteiger partial charge in [-0.2, -0.15) is 0 Å². The van der Waals surface area contributed by atoms with Crippen LogP contribution in [0.1, 0.15) is 12.8 Å². The van der Waals surface area contributed by atoms with Crippen LogP contribution >= 0.6 is 0 Å². The molecule has 0 amide bonds. The fraction of sp³-hybridized carbons (Fsp3) is 0.500. The van der Waals surface area contributed by atoms with Crippen molar-refractivity contribution in [2.24, 2.45) is 0 Å². The molecule has 0 aromatic carbocycles. The Morgan fingerprint density at radius 1 is 1.23 bits per heavy atom. The molecule has 72 valence electrons. The van der Waals surface area contributed by atoms with Crippen LogP contribution in [0.4, 0.5) is 0 Å². The van der Waals surface area contributed by atoms with E-state index < -0.39 is 0 Å². The van der Waals surface area contributed by atoms with Crippen molar-refractivity contribution in [2.75, 3.05) is 20.3 Å². The van der Waals surface area contributed by atoms with Crippen molar-refractivity contribution >= 4 is 0 Å². The van der Waals surface area contributed by atoms with Gasteiger partial charge in [0.2, 0.25) is 5.88 Å². The number of ether oxygens (including phenoxy) is 2. The standard InChI is InChI=1S/C10H15NO2/c1-12-8-4-5-9-13-10-6-2-3-7-11-10/h2-3,6-7H,4-5,8-9H2,1H3. The number of rotatable bonds is 6. The highest BCUT2D eigenvalue weighted by Gasteiger charge is 1.92. The highest BCUT2D eigenvalue weighted by atomic mass is 16.5. The molecule has 0 atom stereocenters. The molecular weight excluding hydrogens is 166 g/mol. The van der Waals surface area contributed by atoms with Gasteiger partial charge in [0.25, 0.3) is 0 Å². The van der Waals surface area contributed by atoms with E-state index in [1.807, 2.05) is 18.2 Å². The number of unbranched alkanes of at least 4 members (excludes halogenated alkanes) is 1. The summed E-state index contributed by atoms with van der Waals surface area (Å²) in [6, 6.07) is 5.64. The van der Waals surface area contributed by atoms with Crippen LogP contribution in [0.15, 0.2) is 24.4 Å². The molecule has 0 radical (unpaired) electrons. The average molecular weight is 181 g/mol. The summed E-state index contributed by atoms with van der Waals surface area (Å²) in [4.78, 5) is 4.04. The van der Waals surface area contributed by atoms with E-state index in [2.05, 4.69) is 4.98 Å². The number of nitrogens with zero attached hydrogens (tertiary/aromatic N) is 1. The monoisotopic (exact) mass is 181 g/mol. The zero-order valence-electron chi connectivity index (χ0n) is 7.90. The minimum atomic E-state index is 0.694. The molecule has 0 N–H and O–H groups in total. The lowest BCUT2D eigenvalue weighted by Crippen LogP contribution is -2.00. The van der Waals surface area contributed by atoms with E-state index in [1.54, 1.807) is 13.3 Å². The third-order valence-electron chi connectivity index (χ3n) is 1.63. The van der Waals surface area contributed by atoms with Crippen molar-refractivity contribution in [1.29, 1.82) is 0 Å². The van der Waals surface area contributed by atoms with Crippen LogP contribution in [0.3, 0.4) is 0 Å². The summed E-state index contributed by atoms with van der Waals surface area (Å²) >= 11 is 0. The maximum Gasteiger partial charge on any atom is 0.213 e. The Hall–Kier alpha value is -1.09. The minimum absolute atomic E-state index is 0.694. The maximum atomic E-state index is 5.39. The van der Waals surface area contributed by atoms with E-state index in [0.717, 1.165) is 19.4 Å². The van der Waals surface area contributed by atoms with Gasteiger partial charge < -0.3 is 9.47 Å². The van der Waals surface area contributed by atoms with E-state index in [0.29, 0.717) is 12.5 Å². The largest absolute Gasteiger partial charge is 0.478 e. The SMILES string of the molecule is COCCCCOc1ccccn1. The van der Waals surface area contributed by atoms with E-state index in [4.69, 9.17) is 9.47 Å². The lowest BCUT2D eigenvalue weighted by Gasteiger charge is -2.03. The van der Waals surface area contributed by atoms with Gasteiger partial charge in [-0.15, -0.1) is 0 Å². The summed E-state index contributed by atoms with van der Waals surface area (Å²) in [5.74, 6) is 0.694. The molecule has 1 aromatic heterocycles.